The lowest BCUT2D eigenvalue weighted by molar-refractivity contribution is -0.122. The molecule has 1 fully saturated rings. The maximum absolute atomic E-state index is 13.5. The number of carbonyl (C=O) groups is 2. The molecule has 44 heavy (non-hydrogen) atoms. The van der Waals surface area contributed by atoms with Crippen molar-refractivity contribution in [1.29, 1.82) is 0 Å². The highest BCUT2D eigenvalue weighted by molar-refractivity contribution is 8.18. The number of rotatable bonds is 10. The molecule has 2 heterocycles. The summed E-state index contributed by atoms with van der Waals surface area (Å²) in [6.07, 6.45) is 4.75. The standard InChI is InChI=1S/C30H24ClN5O6S2/c31-22-9-7-20(8-10-22)17-33-35-30-36(18-24-5-3-15-41-24)29(38)27(43-30)16-21-4-1-2-6-26(21)42-19-28(37)34-23-11-13-25(14-12-23)44(32,39)40/h1-17H,18-19H2,(H,34,37)(H2,32,39,40)/b27-16-,33-17+,35-30-. The minimum absolute atomic E-state index is 0.0719. The van der Waals surface area contributed by atoms with Gasteiger partial charge in [0.15, 0.2) is 11.8 Å². The second-order valence-corrected chi connectivity index (χ2v) is 12.2. The molecule has 0 aliphatic carbocycles. The number of thioether (sulfide) groups is 1. The van der Waals surface area contributed by atoms with Crippen LogP contribution in [0.15, 0.2) is 116 Å². The zero-order valence-electron chi connectivity index (χ0n) is 22.8. The first-order valence-electron chi connectivity index (χ1n) is 12.9. The van der Waals surface area contributed by atoms with Crippen molar-refractivity contribution in [1.82, 2.24) is 4.90 Å². The number of para-hydroxylation sites is 1. The SMILES string of the molecule is NS(=O)(=O)c1ccc(NC(=O)COc2ccccc2/C=C2\S/C(=N\N=C\c3ccc(Cl)cc3)N(Cc3ccco3)C2=O)cc1. The van der Waals surface area contributed by atoms with E-state index in [9.17, 15) is 18.0 Å². The topological polar surface area (TPSA) is 157 Å². The van der Waals surface area contributed by atoms with Gasteiger partial charge in [-0.25, -0.2) is 13.6 Å². The monoisotopic (exact) mass is 649 g/mol. The molecule has 1 saturated heterocycles. The number of primary sulfonamides is 1. The molecule has 1 aliphatic heterocycles. The Morgan fingerprint density at radius 3 is 2.50 bits per heavy atom. The van der Waals surface area contributed by atoms with Crippen molar-refractivity contribution in [3.8, 4) is 5.75 Å². The lowest BCUT2D eigenvalue weighted by Gasteiger charge is -2.12. The van der Waals surface area contributed by atoms with Gasteiger partial charge in [-0.1, -0.05) is 41.9 Å². The number of ether oxygens (including phenoxy) is 1. The Morgan fingerprint density at radius 2 is 1.80 bits per heavy atom. The summed E-state index contributed by atoms with van der Waals surface area (Å²) < 4.78 is 34.1. The van der Waals surface area contributed by atoms with E-state index in [1.807, 2.05) is 0 Å². The summed E-state index contributed by atoms with van der Waals surface area (Å²) in [5.41, 5.74) is 1.73. The van der Waals surface area contributed by atoms with E-state index in [2.05, 4.69) is 15.5 Å². The fourth-order valence-electron chi connectivity index (χ4n) is 3.91. The molecule has 0 atom stereocenters. The molecular formula is C30H24ClN5O6S2. The molecule has 0 unspecified atom stereocenters. The van der Waals surface area contributed by atoms with E-state index >= 15 is 0 Å². The zero-order valence-corrected chi connectivity index (χ0v) is 25.2. The molecule has 0 spiro atoms. The molecule has 1 aliphatic rings. The Morgan fingerprint density at radius 1 is 1.05 bits per heavy atom. The Hall–Kier alpha value is -4.69. The average molecular weight is 650 g/mol. The van der Waals surface area contributed by atoms with Crippen LogP contribution in [0.3, 0.4) is 0 Å². The number of amides is 2. The molecule has 0 saturated carbocycles. The normalized spacial score (nSPS) is 15.4. The summed E-state index contributed by atoms with van der Waals surface area (Å²) in [7, 11) is -3.85. The van der Waals surface area contributed by atoms with Gasteiger partial charge >= 0.3 is 0 Å². The van der Waals surface area contributed by atoms with Crippen molar-refractivity contribution >= 4 is 68.3 Å². The van der Waals surface area contributed by atoms with Crippen LogP contribution in [0, 0.1) is 0 Å². The summed E-state index contributed by atoms with van der Waals surface area (Å²) in [4.78, 5) is 27.8. The number of hydrogen-bond acceptors (Lipinski definition) is 9. The van der Waals surface area contributed by atoms with Gasteiger partial charge in [-0.05, 0) is 78.0 Å². The van der Waals surface area contributed by atoms with E-state index in [1.165, 1.54) is 35.4 Å². The third-order valence-corrected chi connectivity index (χ3v) is 8.21. The molecule has 3 N–H and O–H groups in total. The van der Waals surface area contributed by atoms with Gasteiger partial charge < -0.3 is 14.5 Å². The molecule has 2 amide bonds. The quantitative estimate of drug-likeness (QED) is 0.137. The van der Waals surface area contributed by atoms with Crippen LogP contribution in [0.5, 0.6) is 5.75 Å². The van der Waals surface area contributed by atoms with Gasteiger partial charge in [0, 0.05) is 16.3 Å². The third-order valence-electron chi connectivity index (χ3n) is 6.03. The van der Waals surface area contributed by atoms with Crippen LogP contribution in [0.4, 0.5) is 5.69 Å². The van der Waals surface area contributed by atoms with Crippen LogP contribution in [-0.4, -0.2) is 43.1 Å². The fourth-order valence-corrected chi connectivity index (χ4v) is 5.48. The van der Waals surface area contributed by atoms with Gasteiger partial charge in [0.2, 0.25) is 10.0 Å². The van der Waals surface area contributed by atoms with E-state index in [0.717, 1.165) is 17.3 Å². The Balaban J connectivity index is 1.31. The second-order valence-electron chi connectivity index (χ2n) is 9.20. The smallest absolute Gasteiger partial charge is 0.267 e. The van der Waals surface area contributed by atoms with Gasteiger partial charge in [-0.15, -0.1) is 5.10 Å². The maximum Gasteiger partial charge on any atom is 0.267 e. The number of amidine groups is 1. The van der Waals surface area contributed by atoms with E-state index in [1.54, 1.807) is 73.0 Å². The largest absolute Gasteiger partial charge is 0.483 e. The number of anilines is 1. The number of sulfonamides is 1. The van der Waals surface area contributed by atoms with Crippen LogP contribution in [0.2, 0.25) is 5.02 Å². The number of carbonyl (C=O) groups excluding carboxylic acids is 2. The summed E-state index contributed by atoms with van der Waals surface area (Å²) in [5, 5.41) is 17.2. The van der Waals surface area contributed by atoms with Crippen molar-refractivity contribution in [2.75, 3.05) is 11.9 Å². The molecule has 0 bridgehead atoms. The van der Waals surface area contributed by atoms with Crippen molar-refractivity contribution < 1.29 is 27.2 Å². The van der Waals surface area contributed by atoms with Gasteiger partial charge in [0.25, 0.3) is 11.8 Å². The van der Waals surface area contributed by atoms with Crippen molar-refractivity contribution in [3.63, 3.8) is 0 Å². The highest BCUT2D eigenvalue weighted by Gasteiger charge is 2.34. The predicted molar refractivity (Wildman–Crippen MR) is 170 cm³/mol. The Kier molecular flexibility index (Phi) is 9.60. The first kappa shape index (κ1) is 30.8. The first-order valence-corrected chi connectivity index (χ1v) is 15.6. The van der Waals surface area contributed by atoms with Gasteiger partial charge in [-0.3, -0.25) is 14.5 Å². The predicted octanol–water partition coefficient (Wildman–Crippen LogP) is 5.10. The highest BCUT2D eigenvalue weighted by Crippen LogP contribution is 2.35. The molecule has 0 radical (unpaired) electrons. The number of nitrogens with zero attached hydrogens (tertiary/aromatic N) is 3. The first-order chi connectivity index (χ1) is 21.2. The maximum atomic E-state index is 13.5. The summed E-state index contributed by atoms with van der Waals surface area (Å²) >= 11 is 7.09. The summed E-state index contributed by atoms with van der Waals surface area (Å²) in [6.45, 7) is -0.184. The Bertz CT molecular complexity index is 1860. The Labute approximate surface area is 262 Å². The molecule has 4 aromatic rings. The van der Waals surface area contributed by atoms with Gasteiger partial charge in [0.05, 0.1) is 28.8 Å². The number of halogens is 1. The molecule has 224 valence electrons. The van der Waals surface area contributed by atoms with Crippen molar-refractivity contribution in [2.45, 2.75) is 11.4 Å². The van der Waals surface area contributed by atoms with Crippen molar-refractivity contribution in [2.24, 2.45) is 15.3 Å². The number of hydrogen-bond donors (Lipinski definition) is 2. The molecule has 5 rings (SSSR count). The van der Waals surface area contributed by atoms with Crippen LogP contribution < -0.4 is 15.2 Å². The third kappa shape index (κ3) is 8.02. The summed E-state index contributed by atoms with van der Waals surface area (Å²) in [6, 6.07) is 23.0. The fraction of sp³-hybridized carbons (Fsp3) is 0.0667. The number of nitrogens with one attached hydrogen (secondary N) is 1. The van der Waals surface area contributed by atoms with E-state index in [4.69, 9.17) is 25.9 Å². The van der Waals surface area contributed by atoms with Gasteiger partial charge in [0.1, 0.15) is 11.5 Å². The highest BCUT2D eigenvalue weighted by atomic mass is 35.5. The second kappa shape index (κ2) is 13.7. The summed E-state index contributed by atoms with van der Waals surface area (Å²) in [5.74, 6) is 0.169. The van der Waals surface area contributed by atoms with Crippen LogP contribution in [0.1, 0.15) is 16.9 Å². The number of benzene rings is 3. The van der Waals surface area contributed by atoms with Crippen LogP contribution in [0.25, 0.3) is 6.08 Å². The van der Waals surface area contributed by atoms with Crippen LogP contribution >= 0.6 is 23.4 Å². The van der Waals surface area contributed by atoms with E-state index in [-0.39, 0.29) is 24.0 Å². The lowest BCUT2D eigenvalue weighted by Crippen LogP contribution is -2.28. The number of nitrogens with two attached hydrogens (primary N) is 1. The molecule has 11 nitrogen and oxygen atoms in total. The molecule has 14 heteroatoms. The average Bonchev–Trinajstić information content (AvgIpc) is 3.62. The lowest BCUT2D eigenvalue weighted by atomic mass is 10.2. The number of furan rings is 1. The molecule has 3 aromatic carbocycles. The minimum Gasteiger partial charge on any atom is -0.483 e. The molecular weight excluding hydrogens is 626 g/mol. The zero-order chi connectivity index (χ0) is 31.1. The van der Waals surface area contributed by atoms with Crippen molar-refractivity contribution in [3.05, 3.63) is 118 Å². The minimum atomic E-state index is -3.85. The van der Waals surface area contributed by atoms with Crippen LogP contribution in [-0.2, 0) is 26.2 Å². The van der Waals surface area contributed by atoms with Gasteiger partial charge in [-0.2, -0.15) is 5.10 Å². The van der Waals surface area contributed by atoms with E-state index in [0.29, 0.717) is 37.9 Å². The molecule has 1 aromatic heterocycles. The van der Waals surface area contributed by atoms with E-state index < -0.39 is 15.9 Å².